The number of carbonyl (C=O) groups is 2. The van der Waals surface area contributed by atoms with Gasteiger partial charge in [-0.25, -0.2) is 4.39 Å². The summed E-state index contributed by atoms with van der Waals surface area (Å²) >= 11 is 6.56. The SMILES string of the molecule is CCCN1C(=O)C(=C2SC(=S)N(Cc3ccc(F)cc3)C2=O)c2ccccc21. The first kappa shape index (κ1) is 18.8. The minimum atomic E-state index is -0.333. The molecule has 0 aromatic heterocycles. The van der Waals surface area contributed by atoms with Crippen molar-refractivity contribution in [1.29, 1.82) is 0 Å². The average molecular weight is 413 g/mol. The van der Waals surface area contributed by atoms with Crippen molar-refractivity contribution in [2.75, 3.05) is 11.4 Å². The lowest BCUT2D eigenvalue weighted by Crippen LogP contribution is -2.29. The molecule has 0 atom stereocenters. The van der Waals surface area contributed by atoms with Crippen LogP contribution in [0.5, 0.6) is 0 Å². The molecule has 142 valence electrons. The maximum absolute atomic E-state index is 13.1. The Kier molecular flexibility index (Phi) is 5.03. The van der Waals surface area contributed by atoms with Crippen molar-refractivity contribution in [3.63, 3.8) is 0 Å². The second-order valence-electron chi connectivity index (χ2n) is 6.56. The highest BCUT2D eigenvalue weighted by atomic mass is 32.2. The van der Waals surface area contributed by atoms with Gasteiger partial charge in [0.2, 0.25) is 0 Å². The van der Waals surface area contributed by atoms with Gasteiger partial charge in [0.25, 0.3) is 11.8 Å². The number of thioether (sulfide) groups is 1. The zero-order valence-electron chi connectivity index (χ0n) is 15.1. The summed E-state index contributed by atoms with van der Waals surface area (Å²) in [5.41, 5.74) is 2.79. The number of para-hydroxylation sites is 1. The van der Waals surface area contributed by atoms with Crippen molar-refractivity contribution in [2.24, 2.45) is 0 Å². The largest absolute Gasteiger partial charge is 0.308 e. The number of halogens is 1. The molecule has 4 nitrogen and oxygen atoms in total. The van der Waals surface area contributed by atoms with E-state index in [9.17, 15) is 14.0 Å². The van der Waals surface area contributed by atoms with Gasteiger partial charge in [-0.1, -0.05) is 61.2 Å². The molecule has 0 unspecified atom stereocenters. The number of amides is 2. The maximum atomic E-state index is 13.1. The summed E-state index contributed by atoms with van der Waals surface area (Å²) in [6.45, 7) is 2.85. The van der Waals surface area contributed by atoms with Crippen LogP contribution in [0.1, 0.15) is 24.5 Å². The molecule has 1 fully saturated rings. The fraction of sp³-hybridized carbons (Fsp3) is 0.190. The highest BCUT2D eigenvalue weighted by molar-refractivity contribution is 8.26. The van der Waals surface area contributed by atoms with E-state index >= 15 is 0 Å². The summed E-state index contributed by atoms with van der Waals surface area (Å²) < 4.78 is 13.5. The Hall–Kier alpha value is -2.51. The van der Waals surface area contributed by atoms with Gasteiger partial charge in [0, 0.05) is 12.1 Å². The molecule has 28 heavy (non-hydrogen) atoms. The third-order valence-corrected chi connectivity index (χ3v) is 6.15. The predicted molar refractivity (Wildman–Crippen MR) is 113 cm³/mol. The molecule has 0 bridgehead atoms. The second kappa shape index (κ2) is 7.48. The van der Waals surface area contributed by atoms with Crippen LogP contribution in [0.15, 0.2) is 53.4 Å². The van der Waals surface area contributed by atoms with E-state index in [-0.39, 0.29) is 24.2 Å². The fourth-order valence-corrected chi connectivity index (χ4v) is 4.73. The van der Waals surface area contributed by atoms with Gasteiger partial charge >= 0.3 is 0 Å². The van der Waals surface area contributed by atoms with E-state index in [4.69, 9.17) is 12.2 Å². The molecule has 0 N–H and O–H groups in total. The lowest BCUT2D eigenvalue weighted by atomic mass is 10.1. The van der Waals surface area contributed by atoms with Crippen molar-refractivity contribution in [2.45, 2.75) is 19.9 Å². The quantitative estimate of drug-likeness (QED) is 0.553. The molecular weight excluding hydrogens is 395 g/mol. The van der Waals surface area contributed by atoms with Gasteiger partial charge in [-0.15, -0.1) is 0 Å². The third kappa shape index (κ3) is 3.14. The number of hydrogen-bond acceptors (Lipinski definition) is 4. The maximum Gasteiger partial charge on any atom is 0.267 e. The predicted octanol–water partition coefficient (Wildman–Crippen LogP) is 4.35. The first-order valence-corrected chi connectivity index (χ1v) is 10.2. The van der Waals surface area contributed by atoms with E-state index in [0.717, 1.165) is 35.0 Å². The van der Waals surface area contributed by atoms with Gasteiger partial charge in [0.15, 0.2) is 0 Å². The van der Waals surface area contributed by atoms with E-state index in [1.54, 1.807) is 17.0 Å². The van der Waals surface area contributed by atoms with Crippen LogP contribution in [0.3, 0.4) is 0 Å². The number of fused-ring (bicyclic) bond motifs is 1. The molecule has 2 aromatic carbocycles. The topological polar surface area (TPSA) is 40.6 Å². The van der Waals surface area contributed by atoms with Gasteiger partial charge < -0.3 is 4.90 Å². The Morgan fingerprint density at radius 2 is 1.71 bits per heavy atom. The van der Waals surface area contributed by atoms with Crippen LogP contribution in [0.4, 0.5) is 10.1 Å². The number of thiocarbonyl (C=S) groups is 1. The van der Waals surface area contributed by atoms with Gasteiger partial charge in [-0.05, 0) is 30.2 Å². The summed E-state index contributed by atoms with van der Waals surface area (Å²) in [6, 6.07) is 13.5. The molecular formula is C21H17FN2O2S2. The lowest BCUT2D eigenvalue weighted by molar-refractivity contribution is -0.122. The summed E-state index contributed by atoms with van der Waals surface area (Å²) in [5, 5.41) is 0. The number of nitrogens with zero attached hydrogens (tertiary/aromatic N) is 2. The molecule has 7 heteroatoms. The summed E-state index contributed by atoms with van der Waals surface area (Å²) in [4.78, 5) is 29.8. The van der Waals surface area contributed by atoms with Gasteiger partial charge in [-0.2, -0.15) is 0 Å². The average Bonchev–Trinajstić information content (AvgIpc) is 3.12. The van der Waals surface area contributed by atoms with Gasteiger partial charge in [0.05, 0.1) is 22.7 Å². The number of benzene rings is 2. The normalized spacial score (nSPS) is 19.0. The van der Waals surface area contributed by atoms with Crippen LogP contribution < -0.4 is 4.90 Å². The van der Waals surface area contributed by atoms with Gasteiger partial charge in [0.1, 0.15) is 10.1 Å². The smallest absolute Gasteiger partial charge is 0.267 e. The number of hydrogen-bond donors (Lipinski definition) is 0. The van der Waals surface area contributed by atoms with Crippen LogP contribution in [-0.2, 0) is 16.1 Å². The second-order valence-corrected chi connectivity index (χ2v) is 8.21. The molecule has 0 aliphatic carbocycles. The van der Waals surface area contributed by atoms with Crippen LogP contribution in [0, 0.1) is 5.82 Å². The molecule has 2 heterocycles. The zero-order valence-corrected chi connectivity index (χ0v) is 16.8. The summed E-state index contributed by atoms with van der Waals surface area (Å²) in [5.74, 6) is -0.776. The highest BCUT2D eigenvalue weighted by Crippen LogP contribution is 2.44. The van der Waals surface area contributed by atoms with Crippen LogP contribution in [-0.4, -0.2) is 27.6 Å². The van der Waals surface area contributed by atoms with Crippen molar-refractivity contribution in [3.05, 3.63) is 70.4 Å². The van der Waals surface area contributed by atoms with E-state index < -0.39 is 0 Å². The van der Waals surface area contributed by atoms with E-state index in [1.165, 1.54) is 17.0 Å². The fourth-order valence-electron chi connectivity index (χ4n) is 3.40. The van der Waals surface area contributed by atoms with Crippen molar-refractivity contribution >= 4 is 51.4 Å². The summed E-state index contributed by atoms with van der Waals surface area (Å²) in [7, 11) is 0. The highest BCUT2D eigenvalue weighted by Gasteiger charge is 2.41. The molecule has 0 saturated carbocycles. The molecule has 2 amide bonds. The molecule has 1 saturated heterocycles. The summed E-state index contributed by atoms with van der Waals surface area (Å²) in [6.07, 6.45) is 0.818. The number of anilines is 1. The first-order valence-electron chi connectivity index (χ1n) is 8.95. The number of rotatable bonds is 4. The molecule has 4 rings (SSSR count). The third-order valence-electron chi connectivity index (χ3n) is 4.70. The Morgan fingerprint density at radius 1 is 1.00 bits per heavy atom. The van der Waals surface area contributed by atoms with Crippen LogP contribution in [0.25, 0.3) is 5.57 Å². The van der Waals surface area contributed by atoms with Crippen LogP contribution >= 0.6 is 24.0 Å². The van der Waals surface area contributed by atoms with E-state index in [0.29, 0.717) is 21.3 Å². The van der Waals surface area contributed by atoms with Crippen molar-refractivity contribution in [3.8, 4) is 0 Å². The van der Waals surface area contributed by atoms with Crippen molar-refractivity contribution in [1.82, 2.24) is 4.90 Å². The molecule has 2 aromatic rings. The molecule has 0 radical (unpaired) electrons. The Labute approximate surface area is 172 Å². The molecule has 0 spiro atoms. The van der Waals surface area contributed by atoms with E-state index in [1.807, 2.05) is 31.2 Å². The Morgan fingerprint density at radius 3 is 2.43 bits per heavy atom. The monoisotopic (exact) mass is 412 g/mol. The van der Waals surface area contributed by atoms with E-state index in [2.05, 4.69) is 0 Å². The zero-order chi connectivity index (χ0) is 19.8. The molecule has 2 aliphatic heterocycles. The Bertz CT molecular complexity index is 1020. The first-order chi connectivity index (χ1) is 13.5. The standard InChI is InChI=1S/C21H17FN2O2S2/c1-2-11-23-16-6-4-3-5-15(16)17(19(23)25)18-20(26)24(21(27)28-18)12-13-7-9-14(22)10-8-13/h3-10H,2,11-12H2,1H3. The Balaban J connectivity index is 1.72. The minimum absolute atomic E-state index is 0.162. The lowest BCUT2D eigenvalue weighted by Gasteiger charge is -2.15. The van der Waals surface area contributed by atoms with Crippen LogP contribution in [0.2, 0.25) is 0 Å². The van der Waals surface area contributed by atoms with Crippen molar-refractivity contribution < 1.29 is 14.0 Å². The number of carbonyl (C=O) groups excluding carboxylic acids is 2. The molecule has 2 aliphatic rings. The minimum Gasteiger partial charge on any atom is -0.308 e. The van der Waals surface area contributed by atoms with Gasteiger partial charge in [-0.3, -0.25) is 14.5 Å².